The summed E-state index contributed by atoms with van der Waals surface area (Å²) in [5, 5.41) is 3.06. The van der Waals surface area contributed by atoms with E-state index in [9.17, 15) is 13.2 Å². The normalized spacial score (nSPS) is 15.1. The Balaban J connectivity index is 1.30. The summed E-state index contributed by atoms with van der Waals surface area (Å²) >= 11 is 1.62. The van der Waals surface area contributed by atoms with Gasteiger partial charge in [-0.05, 0) is 49.2 Å². The number of sulfone groups is 1. The van der Waals surface area contributed by atoms with Gasteiger partial charge >= 0.3 is 0 Å². The molecule has 0 bridgehead atoms. The Morgan fingerprint density at radius 1 is 1.19 bits per heavy atom. The number of hydrogen-bond acceptors (Lipinski definition) is 7. The predicted octanol–water partition coefficient (Wildman–Crippen LogP) is 3.54. The summed E-state index contributed by atoms with van der Waals surface area (Å²) < 4.78 is 28.8. The van der Waals surface area contributed by atoms with Crippen LogP contribution in [0, 0.1) is 0 Å². The largest absolute Gasteiger partial charge is 0.487 e. The fourth-order valence-corrected chi connectivity index (χ4v) is 5.12. The maximum absolute atomic E-state index is 12.6. The molecule has 1 aromatic carbocycles. The van der Waals surface area contributed by atoms with E-state index in [1.165, 1.54) is 18.4 Å². The standard InChI is InChI=1S/C22H23N3O4S2/c1-31(27,28)20-6-4-19(5-7-20)29-14-18-15-30-21(24-18)16-8-11-25(12-9-16)22(26)17-3-2-10-23-13-17/h2-7,10,13,15-16H,8-9,11-12,14H2,1H3. The molecular formula is C22H23N3O4S2. The summed E-state index contributed by atoms with van der Waals surface area (Å²) in [5.74, 6) is 0.969. The first-order valence-corrected chi connectivity index (χ1v) is 12.7. The van der Waals surface area contributed by atoms with Crippen molar-refractivity contribution in [3.63, 3.8) is 0 Å². The van der Waals surface area contributed by atoms with Crippen LogP contribution in [-0.4, -0.2) is 48.5 Å². The lowest BCUT2D eigenvalue weighted by atomic mass is 9.97. The molecule has 9 heteroatoms. The van der Waals surface area contributed by atoms with Gasteiger partial charge in [0, 0.05) is 43.0 Å². The van der Waals surface area contributed by atoms with Crippen molar-refractivity contribution in [2.75, 3.05) is 19.3 Å². The van der Waals surface area contributed by atoms with Crippen molar-refractivity contribution in [3.05, 3.63) is 70.4 Å². The lowest BCUT2D eigenvalue weighted by Crippen LogP contribution is -2.37. The highest BCUT2D eigenvalue weighted by Crippen LogP contribution is 2.31. The number of ether oxygens (including phenoxy) is 1. The maximum Gasteiger partial charge on any atom is 0.255 e. The van der Waals surface area contributed by atoms with Gasteiger partial charge in [0.05, 0.1) is 21.2 Å². The van der Waals surface area contributed by atoms with Crippen LogP contribution in [0.15, 0.2) is 59.1 Å². The van der Waals surface area contributed by atoms with E-state index in [-0.39, 0.29) is 10.8 Å². The minimum absolute atomic E-state index is 0.0293. The first kappa shape index (κ1) is 21.5. The molecule has 0 unspecified atom stereocenters. The molecule has 0 atom stereocenters. The summed E-state index contributed by atoms with van der Waals surface area (Å²) in [6, 6.07) is 9.95. The molecule has 3 aromatic rings. The van der Waals surface area contributed by atoms with E-state index in [4.69, 9.17) is 9.72 Å². The molecule has 1 aliphatic heterocycles. The van der Waals surface area contributed by atoms with Crippen molar-refractivity contribution in [1.29, 1.82) is 0 Å². The molecular weight excluding hydrogens is 434 g/mol. The minimum atomic E-state index is -3.21. The molecule has 7 nitrogen and oxygen atoms in total. The van der Waals surface area contributed by atoms with Gasteiger partial charge in [-0.2, -0.15) is 0 Å². The Morgan fingerprint density at radius 3 is 2.58 bits per heavy atom. The smallest absolute Gasteiger partial charge is 0.255 e. The Bertz CT molecular complexity index is 1140. The van der Waals surface area contributed by atoms with Crippen LogP contribution in [0.25, 0.3) is 0 Å². The van der Waals surface area contributed by atoms with Crippen LogP contribution in [-0.2, 0) is 16.4 Å². The fourth-order valence-electron chi connectivity index (χ4n) is 3.52. The van der Waals surface area contributed by atoms with Gasteiger partial charge in [-0.15, -0.1) is 11.3 Å². The Hall–Kier alpha value is -2.78. The molecule has 31 heavy (non-hydrogen) atoms. The summed E-state index contributed by atoms with van der Waals surface area (Å²) in [6.07, 6.45) is 6.21. The molecule has 0 N–H and O–H groups in total. The Morgan fingerprint density at radius 2 is 1.94 bits per heavy atom. The molecule has 1 amide bonds. The Kier molecular flexibility index (Phi) is 6.33. The minimum Gasteiger partial charge on any atom is -0.487 e. The van der Waals surface area contributed by atoms with Crippen LogP contribution in [0.4, 0.5) is 0 Å². The van der Waals surface area contributed by atoms with Gasteiger partial charge in [0.2, 0.25) is 0 Å². The first-order valence-electron chi connectivity index (χ1n) is 9.96. The number of aromatic nitrogens is 2. The zero-order chi connectivity index (χ0) is 21.8. The molecule has 162 valence electrons. The van der Waals surface area contributed by atoms with Crippen LogP contribution in [0.1, 0.15) is 39.8 Å². The molecule has 0 saturated carbocycles. The number of likely N-dealkylation sites (tertiary alicyclic amines) is 1. The number of thiazole rings is 1. The van der Waals surface area contributed by atoms with Gasteiger partial charge in [0.25, 0.3) is 5.91 Å². The number of amides is 1. The third-order valence-corrected chi connectivity index (χ3v) is 7.43. The van der Waals surface area contributed by atoms with Gasteiger partial charge in [-0.25, -0.2) is 13.4 Å². The van der Waals surface area contributed by atoms with E-state index in [2.05, 4.69) is 4.98 Å². The van der Waals surface area contributed by atoms with Gasteiger partial charge in [-0.3, -0.25) is 9.78 Å². The van der Waals surface area contributed by atoms with Crippen LogP contribution in [0.5, 0.6) is 5.75 Å². The molecule has 1 fully saturated rings. The van der Waals surface area contributed by atoms with Gasteiger partial charge in [0.1, 0.15) is 12.4 Å². The second kappa shape index (κ2) is 9.15. The third-order valence-electron chi connectivity index (χ3n) is 5.25. The zero-order valence-electron chi connectivity index (χ0n) is 17.1. The number of rotatable bonds is 6. The molecule has 0 radical (unpaired) electrons. The quantitative estimate of drug-likeness (QED) is 0.562. The number of hydrogen-bond donors (Lipinski definition) is 0. The van der Waals surface area contributed by atoms with Crippen LogP contribution in [0.3, 0.4) is 0 Å². The molecule has 0 aliphatic carbocycles. The first-order chi connectivity index (χ1) is 14.9. The molecule has 1 saturated heterocycles. The van der Waals surface area contributed by atoms with E-state index in [1.807, 2.05) is 10.3 Å². The highest BCUT2D eigenvalue weighted by atomic mass is 32.2. The fraction of sp³-hybridized carbons (Fsp3) is 0.318. The number of piperidine rings is 1. The molecule has 1 aliphatic rings. The van der Waals surface area contributed by atoms with Crippen LogP contribution < -0.4 is 4.74 Å². The van der Waals surface area contributed by atoms with Gasteiger partial charge in [-0.1, -0.05) is 0 Å². The van der Waals surface area contributed by atoms with Crippen LogP contribution >= 0.6 is 11.3 Å². The van der Waals surface area contributed by atoms with Gasteiger partial charge < -0.3 is 9.64 Å². The highest BCUT2D eigenvalue weighted by molar-refractivity contribution is 7.90. The van der Waals surface area contributed by atoms with E-state index in [1.54, 1.807) is 48.0 Å². The average Bonchev–Trinajstić information content (AvgIpc) is 3.27. The van der Waals surface area contributed by atoms with E-state index in [0.717, 1.165) is 23.5 Å². The summed E-state index contributed by atoms with van der Waals surface area (Å²) in [6.45, 7) is 1.74. The van der Waals surface area contributed by atoms with Crippen molar-refractivity contribution in [1.82, 2.24) is 14.9 Å². The number of nitrogens with zero attached hydrogens (tertiary/aromatic N) is 3. The van der Waals surface area contributed by atoms with Crippen molar-refractivity contribution in [2.45, 2.75) is 30.3 Å². The van der Waals surface area contributed by atoms with E-state index < -0.39 is 9.84 Å². The molecule has 4 rings (SSSR count). The Labute approximate surface area is 185 Å². The molecule has 3 heterocycles. The average molecular weight is 458 g/mol. The van der Waals surface area contributed by atoms with Crippen molar-refractivity contribution in [2.24, 2.45) is 0 Å². The maximum atomic E-state index is 12.6. The van der Waals surface area contributed by atoms with Crippen LogP contribution in [0.2, 0.25) is 0 Å². The lowest BCUT2D eigenvalue weighted by molar-refractivity contribution is 0.0712. The predicted molar refractivity (Wildman–Crippen MR) is 118 cm³/mol. The van der Waals surface area contributed by atoms with Crippen molar-refractivity contribution < 1.29 is 17.9 Å². The van der Waals surface area contributed by atoms with E-state index in [0.29, 0.717) is 36.9 Å². The number of carbonyl (C=O) groups is 1. The second-order valence-electron chi connectivity index (χ2n) is 7.52. The summed E-state index contributed by atoms with van der Waals surface area (Å²) in [5.41, 5.74) is 1.47. The zero-order valence-corrected chi connectivity index (χ0v) is 18.7. The topological polar surface area (TPSA) is 89.5 Å². The monoisotopic (exact) mass is 457 g/mol. The van der Waals surface area contributed by atoms with Gasteiger partial charge in [0.15, 0.2) is 9.84 Å². The highest BCUT2D eigenvalue weighted by Gasteiger charge is 2.26. The van der Waals surface area contributed by atoms with Crippen molar-refractivity contribution >= 4 is 27.1 Å². The number of carbonyl (C=O) groups excluding carboxylic acids is 1. The summed E-state index contributed by atoms with van der Waals surface area (Å²) in [4.78, 5) is 23.5. The third kappa shape index (κ3) is 5.29. The number of pyridine rings is 1. The van der Waals surface area contributed by atoms with Crippen molar-refractivity contribution in [3.8, 4) is 5.75 Å². The summed E-state index contributed by atoms with van der Waals surface area (Å²) in [7, 11) is -3.21. The SMILES string of the molecule is CS(=O)(=O)c1ccc(OCc2csc(C3CCN(C(=O)c4cccnc4)CC3)n2)cc1. The van der Waals surface area contributed by atoms with E-state index >= 15 is 0 Å². The molecule has 0 spiro atoms. The molecule has 2 aromatic heterocycles. The number of benzene rings is 1. The second-order valence-corrected chi connectivity index (χ2v) is 10.4. The lowest BCUT2D eigenvalue weighted by Gasteiger charge is -2.31.